The van der Waals surface area contributed by atoms with Gasteiger partial charge < -0.3 is 4.74 Å². The number of halogens is 1. The third kappa shape index (κ3) is 3.61. The summed E-state index contributed by atoms with van der Waals surface area (Å²) in [5.41, 5.74) is 0. The number of benzene rings is 1. The standard InChI is InChI=1S/C8H6BrO3S/c9-6-1-3-7(4-2-6)12-8(10)5-13-11/h1-4H,5H2/q+1. The van der Waals surface area contributed by atoms with Crippen molar-refractivity contribution in [3.8, 4) is 5.75 Å². The van der Waals surface area contributed by atoms with Gasteiger partial charge in [0.25, 0.3) is 0 Å². The maximum Gasteiger partial charge on any atom is 0.471 e. The molecule has 0 aliphatic rings. The second-order valence-electron chi connectivity index (χ2n) is 2.19. The van der Waals surface area contributed by atoms with Gasteiger partial charge in [-0.15, -0.1) is 0 Å². The molecule has 0 fully saturated rings. The summed E-state index contributed by atoms with van der Waals surface area (Å²) in [5, 5.41) is 0. The van der Waals surface area contributed by atoms with Gasteiger partial charge in [0, 0.05) is 8.68 Å². The van der Waals surface area contributed by atoms with E-state index in [1.165, 1.54) is 0 Å². The molecule has 68 valence electrons. The molecule has 0 atom stereocenters. The molecule has 0 aromatic heterocycles. The second-order valence-corrected chi connectivity index (χ2v) is 3.63. The summed E-state index contributed by atoms with van der Waals surface area (Å²) in [6.45, 7) is 0. The van der Waals surface area contributed by atoms with E-state index in [2.05, 4.69) is 15.9 Å². The topological polar surface area (TPSA) is 43.4 Å². The Hall–Kier alpha value is -0.810. The number of rotatable bonds is 3. The highest BCUT2D eigenvalue weighted by atomic mass is 79.9. The largest absolute Gasteiger partial charge is 0.471 e. The minimum atomic E-state index is -0.526. The lowest BCUT2D eigenvalue weighted by Gasteiger charge is -1.98. The second kappa shape index (κ2) is 5.04. The Kier molecular flexibility index (Phi) is 3.98. The van der Waals surface area contributed by atoms with Gasteiger partial charge in [-0.05, 0) is 24.3 Å². The lowest BCUT2D eigenvalue weighted by Crippen LogP contribution is -2.11. The maximum absolute atomic E-state index is 10.8. The summed E-state index contributed by atoms with van der Waals surface area (Å²) in [4.78, 5) is 10.8. The van der Waals surface area contributed by atoms with Gasteiger partial charge in [-0.3, -0.25) is 0 Å². The van der Waals surface area contributed by atoms with E-state index >= 15 is 0 Å². The van der Waals surface area contributed by atoms with Crippen LogP contribution in [-0.4, -0.2) is 11.7 Å². The third-order valence-electron chi connectivity index (χ3n) is 1.22. The monoisotopic (exact) mass is 261 g/mol. The average Bonchev–Trinajstić information content (AvgIpc) is 2.09. The molecule has 0 saturated carbocycles. The number of hydrogen-bond acceptors (Lipinski definition) is 3. The van der Waals surface area contributed by atoms with Crippen LogP contribution in [0.3, 0.4) is 0 Å². The van der Waals surface area contributed by atoms with Gasteiger partial charge in [0.1, 0.15) is 5.75 Å². The number of ether oxygens (including phenoxy) is 1. The molecule has 5 heteroatoms. The van der Waals surface area contributed by atoms with Gasteiger partial charge in [0.15, 0.2) is 0 Å². The van der Waals surface area contributed by atoms with Crippen molar-refractivity contribution in [3.05, 3.63) is 28.7 Å². The summed E-state index contributed by atoms with van der Waals surface area (Å²) < 4.78 is 15.7. The van der Waals surface area contributed by atoms with E-state index in [0.717, 1.165) is 4.47 Å². The van der Waals surface area contributed by atoms with Crippen molar-refractivity contribution in [1.29, 1.82) is 0 Å². The molecule has 0 amide bonds. The van der Waals surface area contributed by atoms with E-state index < -0.39 is 5.97 Å². The first-order valence-corrected chi connectivity index (χ1v) is 5.14. The SMILES string of the molecule is O=[S+]CC(=O)Oc1ccc(Br)cc1. The number of carbonyl (C=O) groups excluding carboxylic acids is 1. The molecule has 0 bridgehead atoms. The lowest BCUT2D eigenvalue weighted by molar-refractivity contribution is -0.131. The highest BCUT2D eigenvalue weighted by Crippen LogP contribution is 2.15. The summed E-state index contributed by atoms with van der Waals surface area (Å²) in [7, 11) is 0. The zero-order chi connectivity index (χ0) is 9.68. The van der Waals surface area contributed by atoms with E-state index in [0.29, 0.717) is 5.75 Å². The predicted octanol–water partition coefficient (Wildman–Crippen LogP) is 1.78. The molecule has 1 aromatic rings. The van der Waals surface area contributed by atoms with E-state index in [-0.39, 0.29) is 17.4 Å². The summed E-state index contributed by atoms with van der Waals surface area (Å²) >= 11 is 3.45. The molecule has 1 aromatic carbocycles. The van der Waals surface area contributed by atoms with Crippen molar-refractivity contribution in [2.24, 2.45) is 0 Å². The van der Waals surface area contributed by atoms with Gasteiger partial charge in [-0.1, -0.05) is 15.9 Å². The van der Waals surface area contributed by atoms with Crippen molar-refractivity contribution >= 4 is 33.6 Å². The zero-order valence-electron chi connectivity index (χ0n) is 6.53. The van der Waals surface area contributed by atoms with Crippen LogP contribution in [0.4, 0.5) is 0 Å². The van der Waals surface area contributed by atoms with E-state index in [1.807, 2.05) is 0 Å². The van der Waals surface area contributed by atoms with E-state index in [9.17, 15) is 9.00 Å². The molecule has 0 unspecified atom stereocenters. The lowest BCUT2D eigenvalue weighted by atomic mass is 10.3. The minimum Gasteiger partial charge on any atom is -0.422 e. The Morgan fingerprint density at radius 2 is 2.00 bits per heavy atom. The molecule has 0 heterocycles. The normalized spacial score (nSPS) is 9.31. The van der Waals surface area contributed by atoms with Crippen molar-refractivity contribution in [3.63, 3.8) is 0 Å². The summed E-state index contributed by atoms with van der Waals surface area (Å²) in [5.74, 6) is -0.250. The number of carbonyl (C=O) groups is 1. The van der Waals surface area contributed by atoms with Crippen LogP contribution < -0.4 is 4.74 Å². The first-order chi connectivity index (χ1) is 6.22. The molecular weight excluding hydrogens is 256 g/mol. The van der Waals surface area contributed by atoms with Crippen LogP contribution >= 0.6 is 15.9 Å². The molecule has 0 radical (unpaired) electrons. The molecular formula is C8H6BrO3S+. The van der Waals surface area contributed by atoms with Crippen LogP contribution in [0.1, 0.15) is 0 Å². The van der Waals surface area contributed by atoms with Crippen molar-refractivity contribution < 1.29 is 13.7 Å². The van der Waals surface area contributed by atoms with E-state index in [4.69, 9.17) is 4.74 Å². The Morgan fingerprint density at radius 3 is 2.54 bits per heavy atom. The Balaban J connectivity index is 2.59. The first kappa shape index (κ1) is 10.3. The number of hydrogen-bond donors (Lipinski definition) is 0. The van der Waals surface area contributed by atoms with Gasteiger partial charge in [-0.25, -0.2) is 4.79 Å². The van der Waals surface area contributed by atoms with Gasteiger partial charge >= 0.3 is 23.4 Å². The van der Waals surface area contributed by atoms with Crippen molar-refractivity contribution in [2.75, 3.05) is 5.75 Å². The predicted molar refractivity (Wildman–Crippen MR) is 52.7 cm³/mol. The minimum absolute atomic E-state index is 0.171. The molecule has 0 spiro atoms. The van der Waals surface area contributed by atoms with Crippen molar-refractivity contribution in [2.45, 2.75) is 0 Å². The van der Waals surface area contributed by atoms with Crippen LogP contribution in [-0.2, 0) is 20.7 Å². The fourth-order valence-corrected chi connectivity index (χ4v) is 1.13. The average molecular weight is 262 g/mol. The van der Waals surface area contributed by atoms with Crippen LogP contribution in [0, 0.1) is 0 Å². The quantitative estimate of drug-likeness (QED) is 0.474. The maximum atomic E-state index is 10.8. The van der Waals surface area contributed by atoms with Crippen LogP contribution in [0.2, 0.25) is 0 Å². The Bertz CT molecular complexity index is 310. The van der Waals surface area contributed by atoms with Crippen LogP contribution in [0.5, 0.6) is 5.75 Å². The molecule has 0 saturated heterocycles. The molecule has 1 rings (SSSR count). The summed E-state index contributed by atoms with van der Waals surface area (Å²) in [6, 6.07) is 6.81. The van der Waals surface area contributed by atoms with Gasteiger partial charge in [0.2, 0.25) is 0 Å². The van der Waals surface area contributed by atoms with Crippen molar-refractivity contribution in [1.82, 2.24) is 0 Å². The summed E-state index contributed by atoms with van der Waals surface area (Å²) in [6.07, 6.45) is 0. The van der Waals surface area contributed by atoms with Gasteiger partial charge in [0.05, 0.1) is 0 Å². The molecule has 3 nitrogen and oxygen atoms in total. The number of esters is 1. The molecule has 13 heavy (non-hydrogen) atoms. The van der Waals surface area contributed by atoms with Gasteiger partial charge in [-0.2, -0.15) is 0 Å². The van der Waals surface area contributed by atoms with E-state index in [1.54, 1.807) is 24.3 Å². The highest BCUT2D eigenvalue weighted by Gasteiger charge is 2.12. The molecule has 0 aliphatic carbocycles. The first-order valence-electron chi connectivity index (χ1n) is 3.43. The zero-order valence-corrected chi connectivity index (χ0v) is 8.93. The Morgan fingerprint density at radius 1 is 1.38 bits per heavy atom. The molecule has 0 N–H and O–H groups in total. The van der Waals surface area contributed by atoms with Crippen LogP contribution in [0.15, 0.2) is 28.7 Å². The fourth-order valence-electron chi connectivity index (χ4n) is 0.712. The Labute approximate surface area is 87.7 Å². The van der Waals surface area contributed by atoms with Crippen LogP contribution in [0.25, 0.3) is 0 Å². The fraction of sp³-hybridized carbons (Fsp3) is 0.125. The smallest absolute Gasteiger partial charge is 0.422 e. The highest BCUT2D eigenvalue weighted by molar-refractivity contribution is 9.10. The molecule has 0 aliphatic heterocycles. The third-order valence-corrected chi connectivity index (χ3v) is 2.10.